The summed E-state index contributed by atoms with van der Waals surface area (Å²) in [5.74, 6) is 0.942. The van der Waals surface area contributed by atoms with Crippen LogP contribution in [0.15, 0.2) is 70.0 Å². The van der Waals surface area contributed by atoms with Gasteiger partial charge in [-0.3, -0.25) is 9.69 Å². The second-order valence-electron chi connectivity index (χ2n) is 5.66. The molecule has 1 aromatic heterocycles. The van der Waals surface area contributed by atoms with Gasteiger partial charge < -0.3 is 4.42 Å². The van der Waals surface area contributed by atoms with Crippen LogP contribution in [0.4, 0.5) is 5.69 Å². The lowest BCUT2D eigenvalue weighted by molar-refractivity contribution is -0.113. The van der Waals surface area contributed by atoms with Gasteiger partial charge in [-0.25, -0.2) is 0 Å². The summed E-state index contributed by atoms with van der Waals surface area (Å²) in [6.07, 6.45) is 1.68. The van der Waals surface area contributed by atoms with Crippen molar-refractivity contribution in [3.05, 3.63) is 81.4 Å². The molecule has 1 aliphatic heterocycles. The molecule has 3 nitrogen and oxygen atoms in total. The van der Waals surface area contributed by atoms with Crippen LogP contribution in [-0.2, 0) is 4.79 Å². The Labute approximate surface area is 175 Å². The number of carbonyl (C=O) groups is 1. The zero-order valence-electron chi connectivity index (χ0n) is 13.7. The molecule has 0 saturated carbocycles. The first kappa shape index (κ1) is 18.3. The topological polar surface area (TPSA) is 33.5 Å². The average molecular weight is 432 g/mol. The molecular weight excluding hydrogens is 421 g/mol. The van der Waals surface area contributed by atoms with Crippen LogP contribution < -0.4 is 4.90 Å². The zero-order chi connectivity index (χ0) is 19.0. The Hall–Kier alpha value is -2.05. The van der Waals surface area contributed by atoms with Gasteiger partial charge in [0.15, 0.2) is 4.32 Å². The van der Waals surface area contributed by atoms with Crippen LogP contribution in [0.5, 0.6) is 0 Å². The second kappa shape index (κ2) is 7.52. The third kappa shape index (κ3) is 3.56. The fraction of sp³-hybridized carbons (Fsp3) is 0. The lowest BCUT2D eigenvalue weighted by Crippen LogP contribution is -2.27. The number of anilines is 1. The first-order valence-corrected chi connectivity index (χ1v) is 9.90. The third-order valence-electron chi connectivity index (χ3n) is 3.93. The number of furan rings is 1. The number of rotatable bonds is 3. The van der Waals surface area contributed by atoms with Crippen LogP contribution >= 0.6 is 47.2 Å². The maximum absolute atomic E-state index is 12.8. The molecule has 1 saturated heterocycles. The van der Waals surface area contributed by atoms with Gasteiger partial charge in [-0.15, -0.1) is 0 Å². The molecule has 0 aliphatic carbocycles. The quantitative estimate of drug-likeness (QED) is 0.342. The minimum atomic E-state index is -0.171. The first-order chi connectivity index (χ1) is 13.0. The highest BCUT2D eigenvalue weighted by molar-refractivity contribution is 8.27. The predicted molar refractivity (Wildman–Crippen MR) is 116 cm³/mol. The molecule has 27 heavy (non-hydrogen) atoms. The number of halogens is 2. The van der Waals surface area contributed by atoms with Crippen molar-refractivity contribution >= 4 is 69.2 Å². The lowest BCUT2D eigenvalue weighted by Gasteiger charge is -2.13. The first-order valence-electron chi connectivity index (χ1n) is 7.92. The van der Waals surface area contributed by atoms with Gasteiger partial charge in [-0.2, -0.15) is 0 Å². The van der Waals surface area contributed by atoms with Gasteiger partial charge >= 0.3 is 0 Å². The van der Waals surface area contributed by atoms with E-state index in [1.807, 2.05) is 36.4 Å². The van der Waals surface area contributed by atoms with E-state index >= 15 is 0 Å². The standard InChI is InChI=1S/C20H11Cl2NO2S2/c21-15-8-4-7-14(18(15)22)16-10-9-13(25-16)11-17-19(24)23(20(26)27-17)12-5-2-1-3-6-12/h1-11H. The normalized spacial score (nSPS) is 15.8. The van der Waals surface area contributed by atoms with Gasteiger partial charge in [-0.05, 0) is 36.4 Å². The number of amides is 1. The number of nitrogens with zero attached hydrogens (tertiary/aromatic N) is 1. The maximum atomic E-state index is 12.8. The van der Waals surface area contributed by atoms with Crippen molar-refractivity contribution < 1.29 is 9.21 Å². The molecule has 1 aliphatic rings. The van der Waals surface area contributed by atoms with Gasteiger partial charge in [0.25, 0.3) is 5.91 Å². The molecule has 0 N–H and O–H groups in total. The molecule has 0 bridgehead atoms. The molecule has 134 valence electrons. The van der Waals surface area contributed by atoms with Crippen molar-refractivity contribution in [1.29, 1.82) is 0 Å². The fourth-order valence-corrected chi connectivity index (χ4v) is 4.34. The summed E-state index contributed by atoms with van der Waals surface area (Å²) in [5, 5.41) is 0.881. The minimum Gasteiger partial charge on any atom is -0.457 e. The average Bonchev–Trinajstić information content (AvgIpc) is 3.23. The molecule has 4 rings (SSSR count). The fourth-order valence-electron chi connectivity index (χ4n) is 2.67. The third-order valence-corrected chi connectivity index (χ3v) is 6.05. The van der Waals surface area contributed by atoms with Gasteiger partial charge in [0.2, 0.25) is 0 Å². The van der Waals surface area contributed by atoms with Crippen LogP contribution in [0.25, 0.3) is 17.4 Å². The molecule has 3 aromatic rings. The summed E-state index contributed by atoms with van der Waals surface area (Å²) >= 11 is 18.9. The number of thiocarbonyl (C=S) groups is 1. The second-order valence-corrected chi connectivity index (χ2v) is 8.12. The van der Waals surface area contributed by atoms with E-state index in [9.17, 15) is 4.79 Å². The number of benzene rings is 2. The van der Waals surface area contributed by atoms with E-state index in [1.54, 1.807) is 30.3 Å². The molecule has 2 aromatic carbocycles. The number of hydrogen-bond donors (Lipinski definition) is 0. The van der Waals surface area contributed by atoms with Gasteiger partial charge in [-0.1, -0.05) is 71.4 Å². The van der Waals surface area contributed by atoms with Crippen molar-refractivity contribution in [3.8, 4) is 11.3 Å². The minimum absolute atomic E-state index is 0.171. The Morgan fingerprint density at radius 2 is 1.78 bits per heavy atom. The number of hydrogen-bond acceptors (Lipinski definition) is 4. The van der Waals surface area contributed by atoms with E-state index in [4.69, 9.17) is 39.8 Å². The summed E-state index contributed by atoms with van der Waals surface area (Å²) in [7, 11) is 0. The van der Waals surface area contributed by atoms with Crippen LogP contribution in [0.3, 0.4) is 0 Å². The summed E-state index contributed by atoms with van der Waals surface area (Å²) in [6.45, 7) is 0. The van der Waals surface area contributed by atoms with Crippen molar-refractivity contribution in [2.24, 2.45) is 0 Å². The van der Waals surface area contributed by atoms with E-state index < -0.39 is 0 Å². The molecule has 2 heterocycles. The largest absolute Gasteiger partial charge is 0.457 e. The molecule has 1 fully saturated rings. The summed E-state index contributed by atoms with van der Waals surface area (Å²) in [5.41, 5.74) is 1.44. The smallest absolute Gasteiger partial charge is 0.270 e. The van der Waals surface area contributed by atoms with Crippen molar-refractivity contribution in [2.75, 3.05) is 4.90 Å². The van der Waals surface area contributed by atoms with Crippen molar-refractivity contribution in [2.45, 2.75) is 0 Å². The van der Waals surface area contributed by atoms with Crippen molar-refractivity contribution in [3.63, 3.8) is 0 Å². The maximum Gasteiger partial charge on any atom is 0.270 e. The van der Waals surface area contributed by atoms with Crippen LogP contribution in [0, 0.1) is 0 Å². The van der Waals surface area contributed by atoms with Crippen LogP contribution in [0.2, 0.25) is 10.0 Å². The van der Waals surface area contributed by atoms with E-state index in [2.05, 4.69) is 0 Å². The van der Waals surface area contributed by atoms with E-state index in [0.29, 0.717) is 36.4 Å². The number of para-hydroxylation sites is 1. The highest BCUT2D eigenvalue weighted by atomic mass is 35.5. The van der Waals surface area contributed by atoms with E-state index in [1.165, 1.54) is 16.7 Å². The summed E-state index contributed by atoms with van der Waals surface area (Å²) in [6, 6.07) is 18.2. The molecular formula is C20H11Cl2NO2S2. The molecule has 0 spiro atoms. The Balaban J connectivity index is 1.64. The summed E-state index contributed by atoms with van der Waals surface area (Å²) < 4.78 is 6.33. The Bertz CT molecular complexity index is 1080. The van der Waals surface area contributed by atoms with Gasteiger partial charge in [0.1, 0.15) is 11.5 Å². The highest BCUT2D eigenvalue weighted by Crippen LogP contribution is 2.38. The van der Waals surface area contributed by atoms with E-state index in [-0.39, 0.29) is 5.91 Å². The van der Waals surface area contributed by atoms with Gasteiger partial charge in [0, 0.05) is 11.6 Å². The monoisotopic (exact) mass is 431 g/mol. The molecule has 7 heteroatoms. The highest BCUT2D eigenvalue weighted by Gasteiger charge is 2.33. The Morgan fingerprint density at radius 1 is 1.00 bits per heavy atom. The summed E-state index contributed by atoms with van der Waals surface area (Å²) in [4.78, 5) is 14.8. The Morgan fingerprint density at radius 3 is 2.56 bits per heavy atom. The zero-order valence-corrected chi connectivity index (χ0v) is 16.8. The molecule has 0 unspecified atom stereocenters. The predicted octanol–water partition coefficient (Wildman–Crippen LogP) is 6.66. The van der Waals surface area contributed by atoms with Crippen LogP contribution in [-0.4, -0.2) is 10.2 Å². The van der Waals surface area contributed by atoms with Crippen molar-refractivity contribution in [1.82, 2.24) is 0 Å². The molecule has 0 radical (unpaired) electrons. The molecule has 1 amide bonds. The molecule has 0 atom stereocenters. The van der Waals surface area contributed by atoms with E-state index in [0.717, 1.165) is 5.69 Å². The SMILES string of the molecule is O=C1C(=Cc2ccc(-c3cccc(Cl)c3Cl)o2)SC(=S)N1c1ccccc1. The lowest BCUT2D eigenvalue weighted by atomic mass is 10.2. The number of carbonyl (C=O) groups excluding carboxylic acids is 1. The Kier molecular flexibility index (Phi) is 5.10. The number of thioether (sulfide) groups is 1. The van der Waals surface area contributed by atoms with Gasteiger partial charge in [0.05, 0.1) is 20.6 Å². The van der Waals surface area contributed by atoms with Crippen LogP contribution in [0.1, 0.15) is 5.76 Å².